The summed E-state index contributed by atoms with van der Waals surface area (Å²) in [7, 11) is -3.69. The molecule has 23 heavy (non-hydrogen) atoms. The number of aromatic amines is 1. The van der Waals surface area contributed by atoms with E-state index in [-0.39, 0.29) is 10.8 Å². The zero-order chi connectivity index (χ0) is 16.4. The molecule has 120 valence electrons. The van der Waals surface area contributed by atoms with Gasteiger partial charge in [0, 0.05) is 18.8 Å². The van der Waals surface area contributed by atoms with Crippen molar-refractivity contribution in [2.24, 2.45) is 0 Å². The van der Waals surface area contributed by atoms with Gasteiger partial charge in [-0.05, 0) is 30.2 Å². The zero-order valence-electron chi connectivity index (χ0n) is 12.7. The largest absolute Gasteiger partial charge is 0.420 e. The minimum absolute atomic E-state index is 0.102. The number of nitrogens with zero attached hydrogens (tertiary/aromatic N) is 2. The highest BCUT2D eigenvalue weighted by atomic mass is 32.2. The number of anilines is 1. The molecule has 0 aliphatic rings. The summed E-state index contributed by atoms with van der Waals surface area (Å²) in [6.45, 7) is 3.68. The van der Waals surface area contributed by atoms with Crippen molar-refractivity contribution in [2.75, 3.05) is 4.72 Å². The third-order valence-corrected chi connectivity index (χ3v) is 4.67. The molecule has 0 atom stereocenters. The van der Waals surface area contributed by atoms with E-state index in [1.807, 2.05) is 25.1 Å². The molecule has 0 unspecified atom stereocenters. The number of benzene rings is 1. The fraction of sp³-hybridized carbons (Fsp3) is 0.200. The van der Waals surface area contributed by atoms with Crippen LogP contribution in [0.4, 0.5) is 5.69 Å². The second-order valence-electron chi connectivity index (χ2n) is 5.03. The van der Waals surface area contributed by atoms with E-state index < -0.39 is 10.0 Å². The summed E-state index contributed by atoms with van der Waals surface area (Å²) < 4.78 is 32.7. The van der Waals surface area contributed by atoms with Gasteiger partial charge in [-0.3, -0.25) is 4.72 Å². The normalized spacial score (nSPS) is 11.6. The van der Waals surface area contributed by atoms with Crippen molar-refractivity contribution in [3.05, 3.63) is 48.0 Å². The number of hydrogen-bond donors (Lipinski definition) is 2. The highest BCUT2D eigenvalue weighted by molar-refractivity contribution is 7.92. The van der Waals surface area contributed by atoms with E-state index in [2.05, 4.69) is 19.9 Å². The molecule has 0 spiro atoms. The molecule has 0 aliphatic carbocycles. The standard InChI is InChI=1S/C15H16N4O3S/c1-3-11-5-4-6-12(7-11)19-23(20,21)13-8-14(16-9-13)15-18-17-10(2)22-15/h4-9,16,19H,3H2,1-2H3. The molecule has 0 amide bonds. The van der Waals surface area contributed by atoms with Gasteiger partial charge in [-0.15, -0.1) is 10.2 Å². The first-order valence-electron chi connectivity index (χ1n) is 7.08. The SMILES string of the molecule is CCc1cccc(NS(=O)(=O)c2c[nH]c(-c3nnc(C)o3)c2)c1. The molecule has 2 heterocycles. The number of nitrogens with one attached hydrogen (secondary N) is 2. The van der Waals surface area contributed by atoms with Crippen LogP contribution in [0.3, 0.4) is 0 Å². The zero-order valence-corrected chi connectivity index (χ0v) is 13.5. The van der Waals surface area contributed by atoms with Crippen LogP contribution < -0.4 is 4.72 Å². The minimum atomic E-state index is -3.69. The number of H-pyrrole nitrogens is 1. The van der Waals surface area contributed by atoms with Crippen LogP contribution in [0.15, 0.2) is 45.8 Å². The van der Waals surface area contributed by atoms with Crippen LogP contribution in [0, 0.1) is 6.92 Å². The predicted molar refractivity (Wildman–Crippen MR) is 85.5 cm³/mol. The summed E-state index contributed by atoms with van der Waals surface area (Å²) in [6, 6.07) is 8.75. The Labute approximate surface area is 133 Å². The van der Waals surface area contributed by atoms with E-state index >= 15 is 0 Å². The van der Waals surface area contributed by atoms with Gasteiger partial charge < -0.3 is 9.40 Å². The molecule has 0 fully saturated rings. The average Bonchev–Trinajstić information content (AvgIpc) is 3.16. The molecular formula is C15H16N4O3S. The summed E-state index contributed by atoms with van der Waals surface area (Å²) in [5.74, 6) is 0.658. The number of aryl methyl sites for hydroxylation is 2. The van der Waals surface area contributed by atoms with E-state index in [4.69, 9.17) is 4.42 Å². The molecule has 2 aromatic heterocycles. The van der Waals surface area contributed by atoms with E-state index in [0.29, 0.717) is 17.3 Å². The maximum atomic E-state index is 12.5. The van der Waals surface area contributed by atoms with Crippen molar-refractivity contribution < 1.29 is 12.8 Å². The van der Waals surface area contributed by atoms with E-state index in [0.717, 1.165) is 12.0 Å². The quantitative estimate of drug-likeness (QED) is 0.748. The number of hydrogen-bond acceptors (Lipinski definition) is 5. The fourth-order valence-electron chi connectivity index (χ4n) is 2.13. The summed E-state index contributed by atoms with van der Waals surface area (Å²) in [6.07, 6.45) is 2.22. The third kappa shape index (κ3) is 3.26. The molecule has 0 aliphatic heterocycles. The van der Waals surface area contributed by atoms with E-state index in [1.54, 1.807) is 13.0 Å². The van der Waals surface area contributed by atoms with Crippen LogP contribution in [0.25, 0.3) is 11.6 Å². The van der Waals surface area contributed by atoms with Crippen molar-refractivity contribution in [1.29, 1.82) is 0 Å². The summed E-state index contributed by atoms with van der Waals surface area (Å²) in [4.78, 5) is 2.94. The summed E-state index contributed by atoms with van der Waals surface area (Å²) >= 11 is 0. The van der Waals surface area contributed by atoms with Crippen LogP contribution >= 0.6 is 0 Å². The van der Waals surface area contributed by atoms with Crippen LogP contribution in [0.5, 0.6) is 0 Å². The van der Waals surface area contributed by atoms with Gasteiger partial charge in [-0.25, -0.2) is 8.42 Å². The van der Waals surface area contributed by atoms with E-state index in [1.165, 1.54) is 12.3 Å². The fourth-order valence-corrected chi connectivity index (χ4v) is 3.17. The summed E-state index contributed by atoms with van der Waals surface area (Å²) in [5.41, 5.74) is 2.04. The van der Waals surface area contributed by atoms with Crippen molar-refractivity contribution in [2.45, 2.75) is 25.2 Å². The Morgan fingerprint density at radius 3 is 2.78 bits per heavy atom. The first kappa shape index (κ1) is 15.3. The predicted octanol–water partition coefficient (Wildman–Crippen LogP) is 2.74. The molecular weight excluding hydrogens is 316 g/mol. The first-order valence-corrected chi connectivity index (χ1v) is 8.57. The van der Waals surface area contributed by atoms with Gasteiger partial charge in [0.1, 0.15) is 10.6 Å². The first-order chi connectivity index (χ1) is 11.0. The monoisotopic (exact) mass is 332 g/mol. The van der Waals surface area contributed by atoms with Crippen LogP contribution in [0.1, 0.15) is 18.4 Å². The van der Waals surface area contributed by atoms with Crippen LogP contribution in [-0.4, -0.2) is 23.6 Å². The Hall–Kier alpha value is -2.61. The Morgan fingerprint density at radius 2 is 2.09 bits per heavy atom. The lowest BCUT2D eigenvalue weighted by atomic mass is 10.1. The highest BCUT2D eigenvalue weighted by Crippen LogP contribution is 2.22. The van der Waals surface area contributed by atoms with Gasteiger partial charge >= 0.3 is 0 Å². The van der Waals surface area contributed by atoms with E-state index in [9.17, 15) is 8.42 Å². The molecule has 0 saturated carbocycles. The molecule has 7 nitrogen and oxygen atoms in total. The number of aromatic nitrogens is 3. The topological polar surface area (TPSA) is 101 Å². The van der Waals surface area contributed by atoms with Gasteiger partial charge in [-0.1, -0.05) is 19.1 Å². The molecule has 0 radical (unpaired) electrons. The third-order valence-electron chi connectivity index (χ3n) is 3.31. The Kier molecular flexibility index (Phi) is 3.91. The molecule has 0 saturated heterocycles. The van der Waals surface area contributed by atoms with Gasteiger partial charge in [0.2, 0.25) is 5.89 Å². The number of sulfonamides is 1. The second-order valence-corrected chi connectivity index (χ2v) is 6.72. The smallest absolute Gasteiger partial charge is 0.264 e. The van der Waals surface area contributed by atoms with Gasteiger partial charge in [0.25, 0.3) is 15.9 Å². The summed E-state index contributed by atoms with van der Waals surface area (Å²) in [5, 5.41) is 7.57. The van der Waals surface area contributed by atoms with Crippen LogP contribution in [0.2, 0.25) is 0 Å². The molecule has 3 aromatic rings. The Balaban J connectivity index is 1.86. The van der Waals surface area contributed by atoms with Gasteiger partial charge in [-0.2, -0.15) is 0 Å². The molecule has 8 heteroatoms. The lowest BCUT2D eigenvalue weighted by Crippen LogP contribution is -2.12. The maximum Gasteiger partial charge on any atom is 0.264 e. The van der Waals surface area contributed by atoms with Crippen molar-refractivity contribution in [3.8, 4) is 11.6 Å². The highest BCUT2D eigenvalue weighted by Gasteiger charge is 2.18. The van der Waals surface area contributed by atoms with Gasteiger partial charge in [0.15, 0.2) is 0 Å². The molecule has 0 bridgehead atoms. The van der Waals surface area contributed by atoms with Crippen molar-refractivity contribution in [3.63, 3.8) is 0 Å². The van der Waals surface area contributed by atoms with Gasteiger partial charge in [0.05, 0.1) is 0 Å². The lowest BCUT2D eigenvalue weighted by Gasteiger charge is -2.07. The molecule has 1 aromatic carbocycles. The van der Waals surface area contributed by atoms with Crippen LogP contribution in [-0.2, 0) is 16.4 Å². The molecule has 3 rings (SSSR count). The lowest BCUT2D eigenvalue weighted by molar-refractivity contribution is 0.531. The van der Waals surface area contributed by atoms with Crippen molar-refractivity contribution in [1.82, 2.24) is 15.2 Å². The Bertz CT molecular complexity index is 928. The number of rotatable bonds is 5. The average molecular weight is 332 g/mol. The minimum Gasteiger partial charge on any atom is -0.420 e. The van der Waals surface area contributed by atoms with Crippen molar-refractivity contribution >= 4 is 15.7 Å². The second kappa shape index (κ2) is 5.88. The molecule has 2 N–H and O–H groups in total. The Morgan fingerprint density at radius 1 is 1.26 bits per heavy atom. The maximum absolute atomic E-state index is 12.5.